The van der Waals surface area contributed by atoms with Crippen molar-refractivity contribution in [3.63, 3.8) is 0 Å². The Kier molecular flexibility index (Phi) is 7.92. The van der Waals surface area contributed by atoms with Crippen molar-refractivity contribution in [1.29, 1.82) is 5.26 Å². The molecule has 0 fully saturated rings. The molecule has 0 bridgehead atoms. The highest BCUT2D eigenvalue weighted by Gasteiger charge is 2.06. The number of carbonyl (C=O) groups is 2. The number of carbonyl (C=O) groups excluding carboxylic acids is 2. The van der Waals surface area contributed by atoms with Crippen LogP contribution < -0.4 is 15.4 Å². The summed E-state index contributed by atoms with van der Waals surface area (Å²) in [7, 11) is 0. The Labute approximate surface area is 140 Å². The number of nitrogens with one attached hydrogen (secondary N) is 2. The summed E-state index contributed by atoms with van der Waals surface area (Å²) in [6.07, 6.45) is 0.433. The number of nitriles is 1. The van der Waals surface area contributed by atoms with Crippen molar-refractivity contribution in [1.82, 2.24) is 10.6 Å². The third kappa shape index (κ3) is 7.02. The molecule has 0 aromatic heterocycles. The van der Waals surface area contributed by atoms with E-state index in [1.807, 2.05) is 13.8 Å². The number of ether oxygens (including phenoxy) is 1. The molecule has 7 heteroatoms. The van der Waals surface area contributed by atoms with Gasteiger partial charge in [-0.15, -0.1) is 0 Å². The lowest BCUT2D eigenvalue weighted by Crippen LogP contribution is -2.32. The van der Waals surface area contributed by atoms with Gasteiger partial charge in [0.2, 0.25) is 5.91 Å². The zero-order chi connectivity index (χ0) is 17.2. The van der Waals surface area contributed by atoms with E-state index in [1.165, 1.54) is 0 Å². The number of benzene rings is 1. The summed E-state index contributed by atoms with van der Waals surface area (Å²) < 4.78 is 5.44. The van der Waals surface area contributed by atoms with E-state index in [0.717, 1.165) is 11.1 Å². The molecule has 0 aliphatic heterocycles. The second kappa shape index (κ2) is 9.70. The monoisotopic (exact) mass is 337 g/mol. The Bertz CT molecular complexity index is 588. The molecule has 0 spiro atoms. The summed E-state index contributed by atoms with van der Waals surface area (Å²) in [6.45, 7) is 4.51. The normalized spacial score (nSPS) is 9.83. The van der Waals surface area contributed by atoms with Crippen molar-refractivity contribution in [2.45, 2.75) is 26.7 Å². The van der Waals surface area contributed by atoms with Crippen LogP contribution >= 0.6 is 11.6 Å². The molecule has 0 atom stereocenters. The number of halogens is 1. The molecule has 0 saturated carbocycles. The van der Waals surface area contributed by atoms with Gasteiger partial charge in [0.1, 0.15) is 12.2 Å². The fourth-order valence-electron chi connectivity index (χ4n) is 1.87. The lowest BCUT2D eigenvalue weighted by molar-refractivity contribution is -0.123. The van der Waals surface area contributed by atoms with Gasteiger partial charge in [-0.05, 0) is 43.5 Å². The molecule has 1 rings (SSSR count). The number of amides is 2. The predicted molar refractivity (Wildman–Crippen MR) is 87.3 cm³/mol. The molecule has 0 radical (unpaired) electrons. The second-order valence-electron chi connectivity index (χ2n) is 5.05. The van der Waals surface area contributed by atoms with E-state index in [2.05, 4.69) is 10.6 Å². The maximum Gasteiger partial charge on any atom is 0.257 e. The van der Waals surface area contributed by atoms with Crippen LogP contribution in [-0.4, -0.2) is 31.5 Å². The zero-order valence-electron chi connectivity index (χ0n) is 13.2. The molecule has 0 unspecified atom stereocenters. The molecule has 0 saturated heterocycles. The highest BCUT2D eigenvalue weighted by molar-refractivity contribution is 6.32. The summed E-state index contributed by atoms with van der Waals surface area (Å²) in [5.74, 6) is 0.0533. The van der Waals surface area contributed by atoms with Crippen molar-refractivity contribution in [3.8, 4) is 11.8 Å². The van der Waals surface area contributed by atoms with E-state index in [1.54, 1.807) is 18.2 Å². The number of aryl methyl sites for hydroxylation is 2. The van der Waals surface area contributed by atoms with Crippen LogP contribution in [0, 0.1) is 25.2 Å². The Balaban J connectivity index is 2.23. The Hall–Kier alpha value is -2.26. The first kappa shape index (κ1) is 18.8. The summed E-state index contributed by atoms with van der Waals surface area (Å²) in [6, 6.07) is 5.33. The predicted octanol–water partition coefficient (Wildman–Crippen LogP) is 1.87. The molecule has 6 nitrogen and oxygen atoms in total. The first-order valence-electron chi connectivity index (χ1n) is 7.24. The molecule has 0 aliphatic carbocycles. The Morgan fingerprint density at radius 2 is 1.74 bits per heavy atom. The Morgan fingerprint density at radius 1 is 1.17 bits per heavy atom. The average Bonchev–Trinajstić information content (AvgIpc) is 2.50. The van der Waals surface area contributed by atoms with Gasteiger partial charge in [0, 0.05) is 18.1 Å². The molecule has 1 aromatic carbocycles. The van der Waals surface area contributed by atoms with Gasteiger partial charge in [0.05, 0.1) is 6.07 Å². The molecule has 0 heterocycles. The Morgan fingerprint density at radius 3 is 2.30 bits per heavy atom. The first-order valence-corrected chi connectivity index (χ1v) is 7.61. The maximum atomic E-state index is 11.7. The van der Waals surface area contributed by atoms with Crippen molar-refractivity contribution in [3.05, 3.63) is 28.3 Å². The van der Waals surface area contributed by atoms with Gasteiger partial charge in [0.15, 0.2) is 6.61 Å². The van der Waals surface area contributed by atoms with Crippen LogP contribution in [0.4, 0.5) is 0 Å². The lowest BCUT2D eigenvalue weighted by Gasteiger charge is -2.10. The van der Waals surface area contributed by atoms with Gasteiger partial charge in [-0.2, -0.15) is 5.26 Å². The van der Waals surface area contributed by atoms with Gasteiger partial charge in [-0.1, -0.05) is 11.6 Å². The fourth-order valence-corrected chi connectivity index (χ4v) is 1.98. The fraction of sp³-hybridized carbons (Fsp3) is 0.438. The third-order valence-electron chi connectivity index (χ3n) is 3.02. The quantitative estimate of drug-likeness (QED) is 0.708. The average molecular weight is 338 g/mol. The minimum atomic E-state index is -0.310. The molecule has 124 valence electrons. The molecule has 2 N–H and O–H groups in total. The third-order valence-corrected chi connectivity index (χ3v) is 3.61. The molecular formula is C16H20ClN3O3. The molecular weight excluding hydrogens is 318 g/mol. The van der Waals surface area contributed by atoms with Gasteiger partial charge in [-0.25, -0.2) is 0 Å². The summed E-state index contributed by atoms with van der Waals surface area (Å²) in [5, 5.41) is 14.3. The van der Waals surface area contributed by atoms with Crippen LogP contribution in [0.1, 0.15) is 24.0 Å². The van der Waals surface area contributed by atoms with Gasteiger partial charge in [-0.3, -0.25) is 9.59 Å². The molecule has 23 heavy (non-hydrogen) atoms. The van der Waals surface area contributed by atoms with E-state index >= 15 is 0 Å². The highest BCUT2D eigenvalue weighted by Crippen LogP contribution is 2.25. The topological polar surface area (TPSA) is 91.2 Å². The number of nitrogens with zero attached hydrogens (tertiary/aromatic N) is 1. The zero-order valence-corrected chi connectivity index (χ0v) is 14.0. The first-order chi connectivity index (χ1) is 10.9. The molecule has 2 amide bonds. The SMILES string of the molecule is Cc1cc(OCC(=O)NCCCNC(=O)CC#N)cc(C)c1Cl. The highest BCUT2D eigenvalue weighted by atomic mass is 35.5. The van der Waals surface area contributed by atoms with E-state index in [9.17, 15) is 9.59 Å². The van der Waals surface area contributed by atoms with Crippen molar-refractivity contribution in [2.24, 2.45) is 0 Å². The van der Waals surface area contributed by atoms with Gasteiger partial charge in [0.25, 0.3) is 5.91 Å². The van der Waals surface area contributed by atoms with Crippen LogP contribution in [0.3, 0.4) is 0 Å². The standard InChI is InChI=1S/C16H20ClN3O3/c1-11-8-13(9-12(2)16(11)17)23-10-15(22)20-7-3-6-19-14(21)4-5-18/h8-9H,3-4,6-7,10H2,1-2H3,(H,19,21)(H,20,22). The van der Waals surface area contributed by atoms with Crippen LogP contribution in [-0.2, 0) is 9.59 Å². The maximum absolute atomic E-state index is 11.7. The van der Waals surface area contributed by atoms with Crippen molar-refractivity contribution in [2.75, 3.05) is 19.7 Å². The summed E-state index contributed by atoms with van der Waals surface area (Å²) >= 11 is 6.07. The van der Waals surface area contributed by atoms with Crippen LogP contribution in [0.25, 0.3) is 0 Å². The smallest absolute Gasteiger partial charge is 0.257 e. The van der Waals surface area contributed by atoms with Crippen LogP contribution in [0.2, 0.25) is 5.02 Å². The summed E-state index contributed by atoms with van der Waals surface area (Å²) in [5.41, 5.74) is 1.80. The van der Waals surface area contributed by atoms with Crippen LogP contribution in [0.5, 0.6) is 5.75 Å². The number of hydrogen-bond donors (Lipinski definition) is 2. The van der Waals surface area contributed by atoms with E-state index in [4.69, 9.17) is 21.6 Å². The van der Waals surface area contributed by atoms with E-state index < -0.39 is 0 Å². The molecule has 0 aliphatic rings. The van der Waals surface area contributed by atoms with Crippen LogP contribution in [0.15, 0.2) is 12.1 Å². The molecule has 1 aromatic rings. The number of rotatable bonds is 8. The summed E-state index contributed by atoms with van der Waals surface area (Å²) in [4.78, 5) is 22.7. The second-order valence-corrected chi connectivity index (χ2v) is 5.43. The number of hydrogen-bond acceptors (Lipinski definition) is 4. The van der Waals surface area contributed by atoms with Crippen molar-refractivity contribution < 1.29 is 14.3 Å². The van der Waals surface area contributed by atoms with Gasteiger partial charge >= 0.3 is 0 Å². The van der Waals surface area contributed by atoms with E-state index in [-0.39, 0.29) is 24.8 Å². The minimum absolute atomic E-state index is 0.0820. The van der Waals surface area contributed by atoms with Crippen molar-refractivity contribution >= 4 is 23.4 Å². The minimum Gasteiger partial charge on any atom is -0.484 e. The lowest BCUT2D eigenvalue weighted by atomic mass is 10.1. The van der Waals surface area contributed by atoms with Gasteiger partial charge < -0.3 is 15.4 Å². The van der Waals surface area contributed by atoms with E-state index in [0.29, 0.717) is 30.3 Å². The largest absolute Gasteiger partial charge is 0.484 e.